The van der Waals surface area contributed by atoms with Gasteiger partial charge in [0.25, 0.3) is 5.91 Å². The zero-order valence-corrected chi connectivity index (χ0v) is 15.1. The number of fused-ring (bicyclic) bond motifs is 3. The molecule has 2 aliphatic rings. The van der Waals surface area contributed by atoms with Gasteiger partial charge in [-0.15, -0.1) is 0 Å². The number of aryl methyl sites for hydroxylation is 1. The van der Waals surface area contributed by atoms with E-state index < -0.39 is 30.5 Å². The van der Waals surface area contributed by atoms with E-state index in [1.54, 1.807) is 23.1 Å². The molecule has 1 atom stereocenters. The third kappa shape index (κ3) is 2.52. The standard InChI is InChI=1S/C17H18N5O5/c1-10-7-21-13-14(18-16(21)20(10)8-11-5-4-6-27-11)19(2)17(25)22(15(13)24)9-12(23)26-3/h4-7,13H,8-9H2,1-3H3/q+1. The van der Waals surface area contributed by atoms with Crippen LogP contribution < -0.4 is 4.57 Å². The quantitative estimate of drug-likeness (QED) is 0.570. The summed E-state index contributed by atoms with van der Waals surface area (Å²) in [7, 11) is 2.74. The predicted octanol–water partition coefficient (Wildman–Crippen LogP) is 0.377. The van der Waals surface area contributed by atoms with E-state index in [0.717, 1.165) is 16.4 Å². The van der Waals surface area contributed by atoms with Gasteiger partial charge in [0.1, 0.15) is 30.7 Å². The summed E-state index contributed by atoms with van der Waals surface area (Å²) in [5.41, 5.74) is 0.885. The van der Waals surface area contributed by atoms with Crippen LogP contribution in [0, 0.1) is 6.92 Å². The minimum atomic E-state index is -0.802. The van der Waals surface area contributed by atoms with Crippen molar-refractivity contribution < 1.29 is 28.1 Å². The topological polar surface area (TPSA) is 101 Å². The lowest BCUT2D eigenvalue weighted by Crippen LogP contribution is -2.63. The second kappa shape index (κ2) is 6.08. The van der Waals surface area contributed by atoms with E-state index in [1.807, 2.05) is 17.6 Å². The molecule has 140 valence electrons. The maximum atomic E-state index is 13.0. The largest absolute Gasteiger partial charge is 0.468 e. The fourth-order valence-corrected chi connectivity index (χ4v) is 3.32. The summed E-state index contributed by atoms with van der Waals surface area (Å²) in [6.07, 6.45) is 3.39. The molecule has 2 aliphatic heterocycles. The summed E-state index contributed by atoms with van der Waals surface area (Å²) in [6, 6.07) is 2.24. The average molecular weight is 372 g/mol. The Morgan fingerprint density at radius 2 is 2.19 bits per heavy atom. The van der Waals surface area contributed by atoms with Crippen LogP contribution in [0.5, 0.6) is 0 Å². The SMILES string of the molecule is COC(=O)CN1C(=O)C2C(=Nc3n(Cc4ccco4)c(C)c[n+]32)N(C)C1=O. The van der Waals surface area contributed by atoms with Crippen LogP contribution in [0.15, 0.2) is 34.0 Å². The number of nitrogens with zero attached hydrogens (tertiary/aromatic N) is 5. The molecule has 0 saturated carbocycles. The van der Waals surface area contributed by atoms with Crippen molar-refractivity contribution in [2.75, 3.05) is 20.7 Å². The van der Waals surface area contributed by atoms with Crippen molar-refractivity contribution in [2.24, 2.45) is 4.99 Å². The molecule has 10 heteroatoms. The molecule has 0 spiro atoms. The number of carbonyl (C=O) groups excluding carboxylic acids is 3. The van der Waals surface area contributed by atoms with Crippen LogP contribution in [-0.4, -0.2) is 58.8 Å². The summed E-state index contributed by atoms with van der Waals surface area (Å²) < 4.78 is 13.6. The van der Waals surface area contributed by atoms with Crippen LogP contribution in [0.1, 0.15) is 17.5 Å². The van der Waals surface area contributed by atoms with Crippen LogP contribution in [0.4, 0.5) is 10.7 Å². The highest BCUT2D eigenvalue weighted by Gasteiger charge is 2.53. The highest BCUT2D eigenvalue weighted by atomic mass is 16.5. The molecule has 3 amide bonds. The van der Waals surface area contributed by atoms with Crippen LogP contribution >= 0.6 is 0 Å². The Hall–Kier alpha value is -3.43. The van der Waals surface area contributed by atoms with E-state index >= 15 is 0 Å². The van der Waals surface area contributed by atoms with Crippen LogP contribution in [-0.2, 0) is 20.9 Å². The second-order valence-corrected chi connectivity index (χ2v) is 6.36. The number of carbonyl (C=O) groups is 3. The van der Waals surface area contributed by atoms with Gasteiger partial charge in [-0.2, -0.15) is 0 Å². The zero-order valence-electron chi connectivity index (χ0n) is 15.1. The van der Waals surface area contributed by atoms with E-state index in [0.29, 0.717) is 18.3 Å². The van der Waals surface area contributed by atoms with Gasteiger partial charge in [-0.05, 0) is 19.1 Å². The summed E-state index contributed by atoms with van der Waals surface area (Å²) in [4.78, 5) is 43.8. The second-order valence-electron chi connectivity index (χ2n) is 6.36. The summed E-state index contributed by atoms with van der Waals surface area (Å²) in [5.74, 6) is 0.433. The van der Waals surface area contributed by atoms with E-state index in [9.17, 15) is 14.4 Å². The number of ether oxygens (including phenoxy) is 1. The summed E-state index contributed by atoms with van der Waals surface area (Å²) in [6.45, 7) is 1.91. The van der Waals surface area contributed by atoms with E-state index in [2.05, 4.69) is 9.73 Å². The van der Waals surface area contributed by atoms with Crippen LogP contribution in [0.2, 0.25) is 0 Å². The Labute approximate surface area is 154 Å². The number of urea groups is 1. The van der Waals surface area contributed by atoms with Crippen LogP contribution in [0.25, 0.3) is 0 Å². The first kappa shape index (κ1) is 17.0. The highest BCUT2D eigenvalue weighted by molar-refractivity contribution is 6.19. The number of methoxy groups -OCH3 is 1. The van der Waals surface area contributed by atoms with Gasteiger partial charge in [-0.3, -0.25) is 14.5 Å². The van der Waals surface area contributed by atoms with Crippen molar-refractivity contribution in [1.82, 2.24) is 14.4 Å². The molecule has 0 N–H and O–H groups in total. The molecule has 27 heavy (non-hydrogen) atoms. The summed E-state index contributed by atoms with van der Waals surface area (Å²) in [5, 5.41) is 0. The number of likely N-dealkylation sites (N-methyl/N-ethyl adjacent to an activating group) is 1. The number of imidazole rings is 1. The smallest absolute Gasteiger partial charge is 0.402 e. The lowest BCUT2D eigenvalue weighted by Gasteiger charge is -2.32. The highest BCUT2D eigenvalue weighted by Crippen LogP contribution is 2.29. The van der Waals surface area contributed by atoms with Crippen molar-refractivity contribution in [3.8, 4) is 0 Å². The molecule has 1 fully saturated rings. The van der Waals surface area contributed by atoms with Crippen molar-refractivity contribution >= 4 is 29.7 Å². The van der Waals surface area contributed by atoms with Gasteiger partial charge in [0, 0.05) is 7.05 Å². The van der Waals surface area contributed by atoms with Gasteiger partial charge >= 0.3 is 17.9 Å². The summed E-state index contributed by atoms with van der Waals surface area (Å²) >= 11 is 0. The Morgan fingerprint density at radius 1 is 1.41 bits per heavy atom. The maximum Gasteiger partial charge on any atom is 0.402 e. The van der Waals surface area contributed by atoms with Crippen molar-refractivity contribution in [3.05, 3.63) is 36.0 Å². The molecule has 10 nitrogen and oxygen atoms in total. The average Bonchev–Trinajstić information content (AvgIpc) is 3.35. The fraction of sp³-hybridized carbons (Fsp3) is 0.353. The number of furan rings is 1. The Morgan fingerprint density at radius 3 is 2.85 bits per heavy atom. The van der Waals surface area contributed by atoms with E-state index in [1.165, 1.54) is 19.1 Å². The molecule has 0 bridgehead atoms. The first-order valence-corrected chi connectivity index (χ1v) is 8.30. The maximum absolute atomic E-state index is 13.0. The normalized spacial score (nSPS) is 18.5. The number of hydrogen-bond acceptors (Lipinski definition) is 6. The van der Waals surface area contributed by atoms with Crippen molar-refractivity contribution in [1.29, 1.82) is 0 Å². The lowest BCUT2D eigenvalue weighted by molar-refractivity contribution is -0.677. The molecule has 4 heterocycles. The number of aliphatic imine (C=N–C) groups is 1. The van der Waals surface area contributed by atoms with Crippen molar-refractivity contribution in [3.63, 3.8) is 0 Å². The number of imide groups is 1. The van der Waals surface area contributed by atoms with Gasteiger partial charge in [0.2, 0.25) is 11.9 Å². The van der Waals surface area contributed by atoms with E-state index in [-0.39, 0.29) is 0 Å². The van der Waals surface area contributed by atoms with Crippen LogP contribution in [0.3, 0.4) is 0 Å². The molecule has 2 aromatic rings. The van der Waals surface area contributed by atoms with Gasteiger partial charge in [0.05, 0.1) is 13.4 Å². The molecule has 4 rings (SSSR count). The molecular formula is C17H18N5O5+. The first-order valence-electron chi connectivity index (χ1n) is 8.30. The zero-order chi connectivity index (χ0) is 19.3. The fourth-order valence-electron chi connectivity index (χ4n) is 3.32. The van der Waals surface area contributed by atoms with Gasteiger partial charge in [-0.25, -0.2) is 18.8 Å². The number of esters is 1. The molecular weight excluding hydrogens is 354 g/mol. The van der Waals surface area contributed by atoms with Gasteiger partial charge in [-0.1, -0.05) is 4.99 Å². The number of aromatic nitrogens is 2. The third-order valence-electron chi connectivity index (χ3n) is 4.73. The molecule has 0 radical (unpaired) electrons. The predicted molar refractivity (Wildman–Crippen MR) is 90.2 cm³/mol. The number of amidine groups is 1. The number of hydrogen-bond donors (Lipinski definition) is 0. The Balaban J connectivity index is 1.74. The number of amides is 3. The molecule has 0 aromatic carbocycles. The first-order chi connectivity index (χ1) is 12.9. The van der Waals surface area contributed by atoms with Gasteiger partial charge in [0.15, 0.2) is 0 Å². The Bertz CT molecular complexity index is 974. The minimum Gasteiger partial charge on any atom is -0.468 e. The molecule has 2 aromatic heterocycles. The monoisotopic (exact) mass is 372 g/mol. The molecule has 1 unspecified atom stereocenters. The van der Waals surface area contributed by atoms with Crippen molar-refractivity contribution in [2.45, 2.75) is 19.5 Å². The minimum absolute atomic E-state index is 0.328. The molecule has 0 aliphatic carbocycles. The Kier molecular flexibility index (Phi) is 3.83. The number of rotatable bonds is 4. The van der Waals surface area contributed by atoms with Gasteiger partial charge < -0.3 is 9.15 Å². The third-order valence-corrected chi connectivity index (χ3v) is 4.73. The van der Waals surface area contributed by atoms with E-state index in [4.69, 9.17) is 4.42 Å². The lowest BCUT2D eigenvalue weighted by atomic mass is 10.1. The molecule has 1 saturated heterocycles.